The number of furan rings is 1. The Morgan fingerprint density at radius 2 is 1.64 bits per heavy atom. The lowest BCUT2D eigenvalue weighted by molar-refractivity contribution is 0.101. The smallest absolute Gasteiger partial charge is 0.255 e. The molecule has 0 bridgehead atoms. The molecule has 0 radical (unpaired) electrons. The molecule has 0 saturated carbocycles. The van der Waals surface area contributed by atoms with Crippen LogP contribution in [0.25, 0.3) is 11.0 Å². The summed E-state index contributed by atoms with van der Waals surface area (Å²) in [5.74, 6) is -0.544. The molecule has 0 unspecified atom stereocenters. The summed E-state index contributed by atoms with van der Waals surface area (Å²) in [5.41, 5.74) is 2.80. The van der Waals surface area contributed by atoms with Crippen molar-refractivity contribution in [3.8, 4) is 0 Å². The van der Waals surface area contributed by atoms with Crippen LogP contribution >= 0.6 is 11.6 Å². The molecule has 0 saturated heterocycles. The molecule has 0 fully saturated rings. The maximum atomic E-state index is 13.0. The van der Waals surface area contributed by atoms with Crippen LogP contribution in [0.5, 0.6) is 0 Å². The van der Waals surface area contributed by atoms with E-state index >= 15 is 0 Å². The van der Waals surface area contributed by atoms with E-state index in [2.05, 4.69) is 5.32 Å². The van der Waals surface area contributed by atoms with Crippen molar-refractivity contribution in [3.63, 3.8) is 0 Å². The van der Waals surface area contributed by atoms with Crippen molar-refractivity contribution in [2.24, 2.45) is 0 Å². The zero-order valence-corrected chi connectivity index (χ0v) is 15.8. The van der Waals surface area contributed by atoms with Crippen LogP contribution in [-0.4, -0.2) is 11.7 Å². The van der Waals surface area contributed by atoms with E-state index in [0.717, 1.165) is 5.56 Å². The van der Waals surface area contributed by atoms with Gasteiger partial charge in [0.25, 0.3) is 5.91 Å². The highest BCUT2D eigenvalue weighted by Gasteiger charge is 2.23. The molecule has 138 valence electrons. The summed E-state index contributed by atoms with van der Waals surface area (Å²) in [6, 6.07) is 21.0. The first kappa shape index (κ1) is 18.0. The van der Waals surface area contributed by atoms with E-state index in [0.29, 0.717) is 32.8 Å². The lowest BCUT2D eigenvalue weighted by Crippen LogP contribution is -2.14. The number of hydrogen-bond donors (Lipinski definition) is 1. The Hall–Kier alpha value is -3.37. The largest absolute Gasteiger partial charge is 0.450 e. The van der Waals surface area contributed by atoms with Crippen LogP contribution in [0.15, 0.2) is 77.2 Å². The summed E-state index contributed by atoms with van der Waals surface area (Å²) < 4.78 is 5.81. The lowest BCUT2D eigenvalue weighted by Gasteiger charge is -2.07. The van der Waals surface area contributed by atoms with Gasteiger partial charge >= 0.3 is 0 Å². The van der Waals surface area contributed by atoms with Crippen molar-refractivity contribution in [1.29, 1.82) is 0 Å². The number of halogens is 1. The summed E-state index contributed by atoms with van der Waals surface area (Å²) >= 11 is 5.92. The Morgan fingerprint density at radius 3 is 2.39 bits per heavy atom. The van der Waals surface area contributed by atoms with Gasteiger partial charge in [0.2, 0.25) is 5.78 Å². The molecule has 1 N–H and O–H groups in total. The fourth-order valence-electron chi connectivity index (χ4n) is 3.03. The number of ketones is 1. The standard InChI is InChI=1S/C23H16ClNO3/c1-14-5-4-6-16(13-14)23(27)25-20-18-7-2-3-8-19(18)28-22(20)21(26)15-9-11-17(24)12-10-15/h2-13H,1H3,(H,25,27). The Morgan fingerprint density at radius 1 is 0.893 bits per heavy atom. The van der Waals surface area contributed by atoms with Crippen LogP contribution in [0.3, 0.4) is 0 Å². The van der Waals surface area contributed by atoms with Gasteiger partial charge in [-0.1, -0.05) is 41.4 Å². The predicted molar refractivity (Wildman–Crippen MR) is 110 cm³/mol. The van der Waals surface area contributed by atoms with Crippen molar-refractivity contribution < 1.29 is 14.0 Å². The first-order chi connectivity index (χ1) is 13.5. The van der Waals surface area contributed by atoms with Crippen molar-refractivity contribution in [3.05, 3.63) is 100 Å². The summed E-state index contributed by atoms with van der Waals surface area (Å²) in [7, 11) is 0. The van der Waals surface area contributed by atoms with Gasteiger partial charge in [0.05, 0.1) is 5.69 Å². The van der Waals surface area contributed by atoms with E-state index < -0.39 is 0 Å². The highest BCUT2D eigenvalue weighted by molar-refractivity contribution is 6.30. The predicted octanol–water partition coefficient (Wildman–Crippen LogP) is 5.88. The molecule has 1 aromatic heterocycles. The van der Waals surface area contributed by atoms with E-state index in [1.54, 1.807) is 42.5 Å². The Kier molecular flexibility index (Phi) is 4.72. The Labute approximate surface area is 166 Å². The lowest BCUT2D eigenvalue weighted by atomic mass is 10.1. The van der Waals surface area contributed by atoms with Crippen LogP contribution < -0.4 is 5.32 Å². The molecule has 28 heavy (non-hydrogen) atoms. The van der Waals surface area contributed by atoms with Crippen LogP contribution in [0.1, 0.15) is 32.0 Å². The van der Waals surface area contributed by atoms with Gasteiger partial charge in [-0.05, 0) is 55.5 Å². The highest BCUT2D eigenvalue weighted by Crippen LogP contribution is 2.33. The number of benzene rings is 3. The van der Waals surface area contributed by atoms with Gasteiger partial charge in [-0.2, -0.15) is 0 Å². The van der Waals surface area contributed by atoms with Gasteiger partial charge in [-0.25, -0.2) is 0 Å². The van der Waals surface area contributed by atoms with E-state index in [9.17, 15) is 9.59 Å². The van der Waals surface area contributed by atoms with E-state index in [1.165, 1.54) is 0 Å². The third-order valence-corrected chi connectivity index (χ3v) is 4.68. The minimum Gasteiger partial charge on any atom is -0.450 e. The number of hydrogen-bond acceptors (Lipinski definition) is 3. The van der Waals surface area contributed by atoms with Gasteiger partial charge < -0.3 is 9.73 Å². The summed E-state index contributed by atoms with van der Waals surface area (Å²) in [4.78, 5) is 25.8. The molecule has 0 aliphatic rings. The molecule has 0 aliphatic heterocycles. The highest BCUT2D eigenvalue weighted by atomic mass is 35.5. The summed E-state index contributed by atoms with van der Waals surface area (Å²) in [6.45, 7) is 1.92. The number of nitrogens with one attached hydrogen (secondary N) is 1. The van der Waals surface area contributed by atoms with E-state index in [1.807, 2.05) is 37.3 Å². The fourth-order valence-corrected chi connectivity index (χ4v) is 3.16. The third kappa shape index (κ3) is 3.42. The van der Waals surface area contributed by atoms with Gasteiger partial charge in [0.1, 0.15) is 5.58 Å². The zero-order chi connectivity index (χ0) is 19.7. The third-order valence-electron chi connectivity index (χ3n) is 4.43. The number of amides is 1. The number of carbonyl (C=O) groups is 2. The molecule has 0 aliphatic carbocycles. The first-order valence-electron chi connectivity index (χ1n) is 8.73. The second-order valence-corrected chi connectivity index (χ2v) is 6.90. The number of carbonyl (C=O) groups excluding carboxylic acids is 2. The fraction of sp³-hybridized carbons (Fsp3) is 0.0435. The van der Waals surface area contributed by atoms with E-state index in [4.69, 9.17) is 16.0 Å². The van der Waals surface area contributed by atoms with Crippen LogP contribution in [0.4, 0.5) is 5.69 Å². The zero-order valence-electron chi connectivity index (χ0n) is 15.0. The molecule has 4 aromatic rings. The molecule has 3 aromatic carbocycles. The van der Waals surface area contributed by atoms with E-state index in [-0.39, 0.29) is 17.5 Å². The number of rotatable bonds is 4. The molecule has 4 rings (SSSR count). The van der Waals surface area contributed by atoms with Crippen molar-refractivity contribution >= 4 is 39.9 Å². The van der Waals surface area contributed by atoms with Gasteiger partial charge in [-0.15, -0.1) is 0 Å². The van der Waals surface area contributed by atoms with Crippen molar-refractivity contribution in [2.45, 2.75) is 6.92 Å². The molecular formula is C23H16ClNO3. The molecule has 5 heteroatoms. The second kappa shape index (κ2) is 7.33. The number of para-hydroxylation sites is 1. The van der Waals surface area contributed by atoms with Crippen molar-refractivity contribution in [1.82, 2.24) is 0 Å². The quantitative estimate of drug-likeness (QED) is 0.443. The molecule has 0 spiro atoms. The SMILES string of the molecule is Cc1cccc(C(=O)Nc2c(C(=O)c3ccc(Cl)cc3)oc3ccccc23)c1. The van der Waals surface area contributed by atoms with Crippen LogP contribution in [0, 0.1) is 6.92 Å². The topological polar surface area (TPSA) is 59.3 Å². The van der Waals surface area contributed by atoms with Gasteiger partial charge in [0, 0.05) is 21.5 Å². The monoisotopic (exact) mass is 389 g/mol. The normalized spacial score (nSPS) is 10.8. The number of aryl methyl sites for hydroxylation is 1. The summed E-state index contributed by atoms with van der Waals surface area (Å²) in [6.07, 6.45) is 0. The number of fused-ring (bicyclic) bond motifs is 1. The maximum Gasteiger partial charge on any atom is 0.255 e. The minimum atomic E-state index is -0.326. The molecule has 1 amide bonds. The average Bonchev–Trinajstić information content (AvgIpc) is 3.06. The summed E-state index contributed by atoms with van der Waals surface area (Å²) in [5, 5.41) is 4.06. The maximum absolute atomic E-state index is 13.0. The average molecular weight is 390 g/mol. The minimum absolute atomic E-state index is 0.0875. The molecule has 4 nitrogen and oxygen atoms in total. The van der Waals surface area contributed by atoms with Crippen LogP contribution in [-0.2, 0) is 0 Å². The molecular weight excluding hydrogens is 374 g/mol. The number of anilines is 1. The molecule has 1 heterocycles. The van der Waals surface area contributed by atoms with Gasteiger partial charge in [-0.3, -0.25) is 9.59 Å². The van der Waals surface area contributed by atoms with Gasteiger partial charge in [0.15, 0.2) is 5.76 Å². The second-order valence-electron chi connectivity index (χ2n) is 6.46. The Balaban J connectivity index is 1.78. The Bertz CT molecular complexity index is 1190. The van der Waals surface area contributed by atoms with Crippen molar-refractivity contribution in [2.75, 3.05) is 5.32 Å². The first-order valence-corrected chi connectivity index (χ1v) is 9.10. The molecule has 0 atom stereocenters. The van der Waals surface area contributed by atoms with Crippen LogP contribution in [0.2, 0.25) is 5.02 Å².